The van der Waals surface area contributed by atoms with E-state index in [-0.39, 0.29) is 23.8 Å². The summed E-state index contributed by atoms with van der Waals surface area (Å²) in [5, 5.41) is 0. The van der Waals surface area contributed by atoms with E-state index in [4.69, 9.17) is 9.47 Å². The lowest BCUT2D eigenvalue weighted by atomic mass is 10.1. The molecule has 2 aromatic carbocycles. The van der Waals surface area contributed by atoms with E-state index in [2.05, 4.69) is 11.6 Å². The van der Waals surface area contributed by atoms with Gasteiger partial charge in [0, 0.05) is 6.54 Å². The highest BCUT2D eigenvalue weighted by Crippen LogP contribution is 2.20. The minimum absolute atomic E-state index is 0.00574. The highest BCUT2D eigenvalue weighted by Gasteiger charge is 2.16. The first-order valence-corrected chi connectivity index (χ1v) is 9.49. The van der Waals surface area contributed by atoms with Gasteiger partial charge in [0.05, 0.1) is 12.0 Å². The van der Waals surface area contributed by atoms with E-state index in [1.165, 1.54) is 24.8 Å². The van der Waals surface area contributed by atoms with Crippen molar-refractivity contribution in [2.45, 2.75) is 24.7 Å². The Labute approximate surface area is 147 Å². The van der Waals surface area contributed by atoms with Crippen molar-refractivity contribution in [3.63, 3.8) is 0 Å². The molecule has 0 heterocycles. The number of methoxy groups -OCH3 is 1. The smallest absolute Gasteiger partial charge is 0.240 e. The van der Waals surface area contributed by atoms with Gasteiger partial charge in [-0.2, -0.15) is 0 Å². The van der Waals surface area contributed by atoms with Gasteiger partial charge < -0.3 is 9.47 Å². The molecule has 136 valence electrons. The van der Waals surface area contributed by atoms with E-state index in [1.807, 2.05) is 24.3 Å². The summed E-state index contributed by atoms with van der Waals surface area (Å²) in [5.74, 6) is -0.0582. The molecule has 2 rings (SSSR count). The van der Waals surface area contributed by atoms with Crippen LogP contribution in [-0.4, -0.2) is 28.7 Å². The summed E-state index contributed by atoms with van der Waals surface area (Å²) < 4.78 is 50.6. The largest absolute Gasteiger partial charge is 0.494 e. The maximum atomic E-state index is 13.6. The van der Waals surface area contributed by atoms with E-state index in [0.29, 0.717) is 5.75 Å². The fraction of sp³-hybridized carbons (Fsp3) is 0.333. The summed E-state index contributed by atoms with van der Waals surface area (Å²) in [4.78, 5) is -0.158. The molecule has 0 unspecified atom stereocenters. The molecule has 5 nitrogen and oxygen atoms in total. The molecule has 0 spiro atoms. The molecule has 7 heteroatoms. The summed E-state index contributed by atoms with van der Waals surface area (Å²) >= 11 is 0. The van der Waals surface area contributed by atoms with Crippen molar-refractivity contribution < 1.29 is 22.3 Å². The minimum atomic E-state index is -3.80. The van der Waals surface area contributed by atoms with Crippen LogP contribution in [0, 0.1) is 5.82 Å². The van der Waals surface area contributed by atoms with Crippen LogP contribution in [0.2, 0.25) is 0 Å². The Morgan fingerprint density at radius 2 is 1.84 bits per heavy atom. The van der Waals surface area contributed by atoms with Crippen molar-refractivity contribution in [1.29, 1.82) is 0 Å². The first-order chi connectivity index (χ1) is 12.0. The van der Waals surface area contributed by atoms with Gasteiger partial charge in [-0.3, -0.25) is 0 Å². The van der Waals surface area contributed by atoms with Gasteiger partial charge in [0.15, 0.2) is 11.6 Å². The standard InChI is InChI=1S/C18H22FNO4S/c1-3-4-14-5-7-15(8-6-14)24-12-11-20-25(21,22)16-9-10-18(23-2)17(19)13-16/h5-10,13,20H,3-4,11-12H2,1-2H3. The van der Waals surface area contributed by atoms with E-state index in [0.717, 1.165) is 18.9 Å². The molecule has 0 aliphatic rings. The average molecular weight is 367 g/mol. The Bertz CT molecular complexity index is 791. The Morgan fingerprint density at radius 1 is 1.12 bits per heavy atom. The SMILES string of the molecule is CCCc1ccc(OCCNS(=O)(=O)c2ccc(OC)c(F)c2)cc1. The van der Waals surface area contributed by atoms with Crippen LogP contribution < -0.4 is 14.2 Å². The van der Waals surface area contributed by atoms with Crippen molar-refractivity contribution in [3.05, 3.63) is 53.8 Å². The Kier molecular flexibility index (Phi) is 6.78. The number of rotatable bonds is 9. The van der Waals surface area contributed by atoms with E-state index in [9.17, 15) is 12.8 Å². The van der Waals surface area contributed by atoms with Crippen molar-refractivity contribution in [1.82, 2.24) is 4.72 Å². The molecule has 0 saturated carbocycles. The molecule has 25 heavy (non-hydrogen) atoms. The maximum absolute atomic E-state index is 13.6. The molecule has 0 saturated heterocycles. The summed E-state index contributed by atoms with van der Waals surface area (Å²) in [6, 6.07) is 11.2. The molecule has 1 N–H and O–H groups in total. The molecule has 0 aromatic heterocycles. The molecule has 0 fully saturated rings. The van der Waals surface area contributed by atoms with Gasteiger partial charge in [-0.15, -0.1) is 0 Å². The number of halogens is 1. The number of hydrogen-bond donors (Lipinski definition) is 1. The van der Waals surface area contributed by atoms with Gasteiger partial charge in [-0.05, 0) is 42.3 Å². The van der Waals surface area contributed by atoms with Gasteiger partial charge >= 0.3 is 0 Å². The summed E-state index contributed by atoms with van der Waals surface area (Å²) in [5.41, 5.74) is 1.23. The third-order valence-corrected chi connectivity index (χ3v) is 5.02. The number of benzene rings is 2. The molecule has 0 bridgehead atoms. The zero-order valence-electron chi connectivity index (χ0n) is 14.3. The van der Waals surface area contributed by atoms with E-state index < -0.39 is 15.8 Å². The van der Waals surface area contributed by atoms with Crippen LogP contribution in [0.15, 0.2) is 47.4 Å². The Hall–Kier alpha value is -2.12. The molecule has 0 atom stereocenters. The quantitative estimate of drug-likeness (QED) is 0.692. The van der Waals surface area contributed by atoms with Crippen molar-refractivity contribution in [3.8, 4) is 11.5 Å². The summed E-state index contributed by atoms with van der Waals surface area (Å²) in [7, 11) is -2.49. The van der Waals surface area contributed by atoms with Gasteiger partial charge in [-0.25, -0.2) is 17.5 Å². The topological polar surface area (TPSA) is 64.6 Å². The van der Waals surface area contributed by atoms with Gasteiger partial charge in [0.2, 0.25) is 10.0 Å². The molecule has 0 aliphatic carbocycles. The summed E-state index contributed by atoms with van der Waals surface area (Å²) in [6.45, 7) is 2.36. The normalized spacial score (nSPS) is 11.3. The van der Waals surface area contributed by atoms with E-state index in [1.54, 1.807) is 0 Å². The maximum Gasteiger partial charge on any atom is 0.240 e. The number of sulfonamides is 1. The third kappa shape index (κ3) is 5.44. The molecule has 0 radical (unpaired) electrons. The lowest BCUT2D eigenvalue weighted by Crippen LogP contribution is -2.28. The van der Waals surface area contributed by atoms with Crippen LogP contribution in [-0.2, 0) is 16.4 Å². The van der Waals surface area contributed by atoms with Crippen LogP contribution in [0.25, 0.3) is 0 Å². The first kappa shape index (κ1) is 19.2. The van der Waals surface area contributed by atoms with Gasteiger partial charge in [0.1, 0.15) is 12.4 Å². The van der Waals surface area contributed by atoms with E-state index >= 15 is 0 Å². The average Bonchev–Trinajstić information content (AvgIpc) is 2.60. The summed E-state index contributed by atoms with van der Waals surface area (Å²) in [6.07, 6.45) is 2.09. The van der Waals surface area contributed by atoms with Crippen LogP contribution in [0.3, 0.4) is 0 Å². The fourth-order valence-electron chi connectivity index (χ4n) is 2.28. The van der Waals surface area contributed by atoms with Crippen LogP contribution in [0.1, 0.15) is 18.9 Å². The number of ether oxygens (including phenoxy) is 2. The van der Waals surface area contributed by atoms with Crippen LogP contribution >= 0.6 is 0 Å². The molecular formula is C18H22FNO4S. The predicted octanol–water partition coefficient (Wildman–Crippen LogP) is 3.14. The Morgan fingerprint density at radius 3 is 2.44 bits per heavy atom. The molecule has 2 aromatic rings. The fourth-order valence-corrected chi connectivity index (χ4v) is 3.31. The van der Waals surface area contributed by atoms with Crippen molar-refractivity contribution >= 4 is 10.0 Å². The second kappa shape index (κ2) is 8.82. The lowest BCUT2D eigenvalue weighted by Gasteiger charge is -2.10. The second-order valence-corrected chi connectivity index (χ2v) is 7.20. The highest BCUT2D eigenvalue weighted by atomic mass is 32.2. The van der Waals surface area contributed by atoms with Gasteiger partial charge in [-0.1, -0.05) is 25.5 Å². The van der Waals surface area contributed by atoms with Gasteiger partial charge in [0.25, 0.3) is 0 Å². The number of aryl methyl sites for hydroxylation is 1. The Balaban J connectivity index is 1.86. The van der Waals surface area contributed by atoms with Crippen LogP contribution in [0.5, 0.6) is 11.5 Å². The highest BCUT2D eigenvalue weighted by molar-refractivity contribution is 7.89. The van der Waals surface area contributed by atoms with Crippen LogP contribution in [0.4, 0.5) is 4.39 Å². The predicted molar refractivity (Wildman–Crippen MR) is 94.1 cm³/mol. The lowest BCUT2D eigenvalue weighted by molar-refractivity contribution is 0.322. The molecular weight excluding hydrogens is 345 g/mol. The zero-order valence-corrected chi connectivity index (χ0v) is 15.1. The zero-order chi connectivity index (χ0) is 18.3. The molecule has 0 aliphatic heterocycles. The van der Waals surface area contributed by atoms with Crippen molar-refractivity contribution in [2.24, 2.45) is 0 Å². The third-order valence-electron chi connectivity index (χ3n) is 3.56. The monoisotopic (exact) mass is 367 g/mol. The number of nitrogens with one attached hydrogen (secondary N) is 1. The van der Waals surface area contributed by atoms with Crippen molar-refractivity contribution in [2.75, 3.05) is 20.3 Å². The number of hydrogen-bond acceptors (Lipinski definition) is 4. The first-order valence-electron chi connectivity index (χ1n) is 8.01. The molecule has 0 amide bonds. The minimum Gasteiger partial charge on any atom is -0.494 e. The second-order valence-electron chi connectivity index (χ2n) is 5.44.